The molecule has 0 radical (unpaired) electrons. The van der Waals surface area contributed by atoms with E-state index in [1.165, 1.54) is 33.4 Å². The van der Waals surface area contributed by atoms with E-state index in [4.69, 9.17) is 18.1 Å². The number of hydrogen-bond donors (Lipinski definition) is 0. The maximum absolute atomic E-state index is 14.6. The molecule has 0 N–H and O–H groups in total. The Kier molecular flexibility index (Phi) is 12.0. The van der Waals surface area contributed by atoms with Crippen molar-refractivity contribution in [3.63, 3.8) is 0 Å². The van der Waals surface area contributed by atoms with E-state index in [9.17, 15) is 4.79 Å². The minimum absolute atomic E-state index is 0.0421. The van der Waals surface area contributed by atoms with E-state index in [1.54, 1.807) is 0 Å². The summed E-state index contributed by atoms with van der Waals surface area (Å²) in [5, 5.41) is 0. The van der Waals surface area contributed by atoms with E-state index in [-0.39, 0.29) is 39.4 Å². The van der Waals surface area contributed by atoms with Crippen molar-refractivity contribution in [2.24, 2.45) is 0 Å². The minimum atomic E-state index is -2.09. The number of anilines is 1. The van der Waals surface area contributed by atoms with Crippen LogP contribution in [0.5, 0.6) is 23.0 Å². The maximum Gasteiger partial charge on any atom is 0.530 e. The number of nitrogens with zero attached hydrogens (tertiary/aromatic N) is 2. The lowest BCUT2D eigenvalue weighted by Crippen LogP contribution is -2.39. The van der Waals surface area contributed by atoms with Crippen LogP contribution in [-0.4, -0.2) is 17.6 Å². The van der Waals surface area contributed by atoms with Gasteiger partial charge >= 0.3 is 17.1 Å². The Balaban J connectivity index is 1.06. The lowest BCUT2D eigenvalue weighted by molar-refractivity contribution is 0.0847. The van der Waals surface area contributed by atoms with Gasteiger partial charge in [0.05, 0.1) is 17.8 Å². The highest BCUT2D eigenvalue weighted by molar-refractivity contribution is 7.53. The normalized spacial score (nSPS) is 18.2. The van der Waals surface area contributed by atoms with Crippen LogP contribution in [0.4, 0.5) is 5.69 Å². The fourth-order valence-corrected chi connectivity index (χ4v) is 14.2. The molecule has 7 aromatic carbocycles. The van der Waals surface area contributed by atoms with Gasteiger partial charge in [-0.3, -0.25) is 9.46 Å². The van der Waals surface area contributed by atoms with Crippen molar-refractivity contribution in [3.8, 4) is 23.0 Å². The quantitative estimate of drug-likeness (QED) is 0.155. The fourth-order valence-electron chi connectivity index (χ4n) is 11.2. The van der Waals surface area contributed by atoms with Gasteiger partial charge in [0.15, 0.2) is 0 Å². The second-order valence-corrected chi connectivity index (χ2v) is 27.2. The number of hydrogen-bond acceptors (Lipinski definition) is 6. The number of carbonyl (C=O) groups is 1. The fraction of sp³-hybridized carbons (Fsp3) is 0.328. The third-order valence-corrected chi connectivity index (χ3v) is 18.0. The van der Waals surface area contributed by atoms with Gasteiger partial charge in [0.25, 0.3) is 5.91 Å². The van der Waals surface area contributed by atoms with Crippen LogP contribution in [0.25, 0.3) is 0 Å². The summed E-state index contributed by atoms with van der Waals surface area (Å²) in [6.07, 6.45) is 0.659. The van der Waals surface area contributed by atoms with Crippen LogP contribution in [0, 0.1) is 0 Å². The van der Waals surface area contributed by atoms with Crippen LogP contribution >= 0.6 is 17.1 Å². The molecule has 3 unspecified atom stereocenters. The molecular formula is C64H68N2O5P2. The van der Waals surface area contributed by atoms with E-state index >= 15 is 0 Å². The van der Waals surface area contributed by atoms with Crippen LogP contribution in [0.2, 0.25) is 0 Å². The molecule has 0 saturated carbocycles. The van der Waals surface area contributed by atoms with E-state index in [0.717, 1.165) is 67.6 Å². The monoisotopic (exact) mass is 1010 g/mol. The summed E-state index contributed by atoms with van der Waals surface area (Å²) in [7, 11) is -1.70. The zero-order valence-corrected chi connectivity index (χ0v) is 46.5. The van der Waals surface area contributed by atoms with E-state index in [2.05, 4.69) is 185 Å². The molecule has 5 aliphatic rings. The van der Waals surface area contributed by atoms with Gasteiger partial charge in [0.2, 0.25) is 0 Å². The molecule has 2 aliphatic heterocycles. The molecule has 2 bridgehead atoms. The maximum atomic E-state index is 14.6. The summed E-state index contributed by atoms with van der Waals surface area (Å²) in [4.78, 5) is 14.6. The Morgan fingerprint density at radius 3 is 1.55 bits per heavy atom. The largest absolute Gasteiger partial charge is 0.530 e. The van der Waals surface area contributed by atoms with Gasteiger partial charge in [0.1, 0.15) is 23.0 Å². The van der Waals surface area contributed by atoms with Gasteiger partial charge in [-0.25, -0.2) is 0 Å². The van der Waals surface area contributed by atoms with Crippen molar-refractivity contribution in [3.05, 3.63) is 217 Å². The van der Waals surface area contributed by atoms with Crippen LogP contribution in [-0.2, 0) is 34.6 Å². The molecule has 1 amide bonds. The summed E-state index contributed by atoms with van der Waals surface area (Å²) >= 11 is 0. The van der Waals surface area contributed by atoms with Gasteiger partial charge in [-0.2, -0.15) is 0 Å². The van der Waals surface area contributed by atoms with Crippen LogP contribution in [0.1, 0.15) is 178 Å². The van der Waals surface area contributed by atoms with Gasteiger partial charge < -0.3 is 22.8 Å². The van der Waals surface area contributed by atoms with Crippen molar-refractivity contribution < 1.29 is 22.9 Å². The molecule has 73 heavy (non-hydrogen) atoms. The van der Waals surface area contributed by atoms with Gasteiger partial charge in [-0.1, -0.05) is 198 Å². The Bertz CT molecular complexity index is 3240. The van der Waals surface area contributed by atoms with Crippen molar-refractivity contribution in [2.45, 2.75) is 130 Å². The average molecular weight is 1010 g/mol. The summed E-state index contributed by atoms with van der Waals surface area (Å²) < 4.78 is 33.8. The highest BCUT2D eigenvalue weighted by atomic mass is 31.2. The molecule has 7 nitrogen and oxygen atoms in total. The average Bonchev–Trinajstić information content (AvgIpc) is 3.33. The van der Waals surface area contributed by atoms with E-state index < -0.39 is 17.1 Å². The smallest absolute Gasteiger partial charge is 0.436 e. The first-order valence-electron chi connectivity index (χ1n) is 25.8. The van der Waals surface area contributed by atoms with Crippen molar-refractivity contribution in [1.82, 2.24) is 4.67 Å². The lowest BCUT2D eigenvalue weighted by atomic mass is 9.61. The summed E-state index contributed by atoms with van der Waals surface area (Å²) in [6.45, 7) is 27.8. The third-order valence-electron chi connectivity index (χ3n) is 15.1. The number of benzene rings is 7. The number of rotatable bonds is 6. The molecule has 3 atom stereocenters. The van der Waals surface area contributed by atoms with Crippen LogP contribution in [0.15, 0.2) is 140 Å². The van der Waals surface area contributed by atoms with Gasteiger partial charge in [-0.15, -0.1) is 0 Å². The second kappa shape index (κ2) is 17.8. The Morgan fingerprint density at radius 2 is 1.01 bits per heavy atom. The second-order valence-electron chi connectivity index (χ2n) is 24.4. The Morgan fingerprint density at radius 1 is 0.534 bits per heavy atom. The van der Waals surface area contributed by atoms with E-state index in [1.807, 2.05) is 54.2 Å². The molecule has 7 aromatic rings. The summed E-state index contributed by atoms with van der Waals surface area (Å²) in [6, 6.07) is 49.2. The standard InChI is InChI=1S/C64H68N2O5P2/c1-61(2,3)42-34-40-33-41-35-43(62(4,5)6)37-50(64(10,11)12)59(41)71-73(70-58(40)49(36-42)63(7,8)9)69-53-32-22-29-48-54-44-25-17-18-26-45(44)57(56(48)53)55-47(54)28-21-31-52(55)68-72-65(13)51-30-20-19-27-46(51)60(67)66(72)38-39-23-15-14-16-24-39/h14-32,34-37,54,57H,33,38H2,1-13H3. The first-order chi connectivity index (χ1) is 34.6. The molecule has 3 aliphatic carbocycles. The SMILES string of the molecule is CN1c2ccccc2C(=O)N(Cc2ccccc2)P1Oc1cccc2c1C1c3ccccc3C2c2cccc(OP3Oc4c(cc(C(C)(C)C)cc4C(C)(C)C)Cc4cc(C(C)(C)C)cc(C(C)(C)C)c4O3)c21. The molecule has 0 saturated heterocycles. The first kappa shape index (κ1) is 49.1. The predicted octanol–water partition coefficient (Wildman–Crippen LogP) is 16.9. The zero-order valence-electron chi connectivity index (χ0n) is 44.7. The molecule has 0 aromatic heterocycles. The van der Waals surface area contributed by atoms with Gasteiger partial charge in [0, 0.05) is 47.6 Å². The third kappa shape index (κ3) is 8.69. The molecule has 2 heterocycles. The van der Waals surface area contributed by atoms with Gasteiger partial charge in [-0.05, 0) is 96.0 Å². The zero-order chi connectivity index (χ0) is 51.5. The lowest BCUT2D eigenvalue weighted by Gasteiger charge is -2.45. The predicted molar refractivity (Wildman–Crippen MR) is 299 cm³/mol. The van der Waals surface area contributed by atoms with Crippen LogP contribution in [0.3, 0.4) is 0 Å². The van der Waals surface area contributed by atoms with E-state index in [0.29, 0.717) is 18.5 Å². The molecule has 9 heteroatoms. The number of amides is 1. The molecular weight excluding hydrogens is 939 g/mol. The first-order valence-corrected chi connectivity index (χ1v) is 28.0. The highest BCUT2D eigenvalue weighted by Gasteiger charge is 2.47. The highest BCUT2D eigenvalue weighted by Crippen LogP contribution is 2.64. The van der Waals surface area contributed by atoms with Crippen molar-refractivity contribution in [2.75, 3.05) is 11.7 Å². The summed E-state index contributed by atoms with van der Waals surface area (Å²) in [5.41, 5.74) is 16.0. The van der Waals surface area contributed by atoms with Crippen molar-refractivity contribution >= 4 is 28.6 Å². The minimum Gasteiger partial charge on any atom is -0.436 e. The molecule has 374 valence electrons. The molecule has 0 fully saturated rings. The molecule has 0 spiro atoms. The topological polar surface area (TPSA) is 60.5 Å². The number of para-hydroxylation sites is 1. The Labute approximate surface area is 435 Å². The number of fused-ring (bicyclic) bond motifs is 3. The summed E-state index contributed by atoms with van der Waals surface area (Å²) in [5.74, 6) is 2.77. The Hall–Kier alpha value is -6.13. The number of carbonyl (C=O) groups excluding carboxylic acids is 1. The van der Waals surface area contributed by atoms with Crippen molar-refractivity contribution in [1.29, 1.82) is 0 Å². The van der Waals surface area contributed by atoms with Crippen LogP contribution < -0.4 is 22.8 Å². The molecule has 12 rings (SSSR count).